The molecular weight excluding hydrogens is 398 g/mol. The number of aryl methyl sites for hydroxylation is 1. The first-order valence-electron chi connectivity index (χ1n) is 9.85. The first-order valence-corrected chi connectivity index (χ1v) is 10.7. The summed E-state index contributed by atoms with van der Waals surface area (Å²) in [5.74, 6) is -1.26. The topological polar surface area (TPSA) is 78.8 Å². The lowest BCUT2D eigenvalue weighted by Gasteiger charge is -2.11. The molecule has 2 heterocycles. The highest BCUT2D eigenvalue weighted by molar-refractivity contribution is 8.18. The summed E-state index contributed by atoms with van der Waals surface area (Å²) < 4.78 is 0. The lowest BCUT2D eigenvalue weighted by Crippen LogP contribution is -2.31. The molecule has 6 nitrogen and oxygen atoms in total. The zero-order chi connectivity index (χ0) is 21.3. The normalized spacial score (nSPS) is 19.4. The number of amides is 3. The predicted octanol–water partition coefficient (Wildman–Crippen LogP) is 4.18. The smallest absolute Gasteiger partial charge is 0.267 e. The molecule has 0 saturated carbocycles. The van der Waals surface area contributed by atoms with E-state index in [1.807, 2.05) is 24.3 Å². The molecular formula is C23H21N3O3S. The molecule has 0 unspecified atom stereocenters. The average molecular weight is 420 g/mol. The number of para-hydroxylation sites is 1. The van der Waals surface area contributed by atoms with Gasteiger partial charge in [-0.15, -0.1) is 0 Å². The molecule has 0 bridgehead atoms. The van der Waals surface area contributed by atoms with Crippen molar-refractivity contribution in [3.8, 4) is 0 Å². The van der Waals surface area contributed by atoms with Gasteiger partial charge in [-0.2, -0.15) is 0 Å². The van der Waals surface area contributed by atoms with Crippen LogP contribution in [0.5, 0.6) is 0 Å². The van der Waals surface area contributed by atoms with Gasteiger partial charge in [0.05, 0.1) is 21.9 Å². The Bertz CT molecular complexity index is 1100. The van der Waals surface area contributed by atoms with Crippen molar-refractivity contribution in [3.05, 3.63) is 64.6 Å². The van der Waals surface area contributed by atoms with Gasteiger partial charge in [-0.3, -0.25) is 14.4 Å². The second kappa shape index (κ2) is 8.28. The summed E-state index contributed by atoms with van der Waals surface area (Å²) >= 11 is 1.12. The SMILES string of the molecule is CCCCc1ccc(N=C2NC(=O)/C(=C3/C(=O)N(C(C)=O)c4ccccc43)S2)cc1. The summed E-state index contributed by atoms with van der Waals surface area (Å²) in [6, 6.07) is 14.9. The molecule has 2 aliphatic rings. The van der Waals surface area contributed by atoms with Gasteiger partial charge in [-0.05, 0) is 48.4 Å². The van der Waals surface area contributed by atoms with E-state index in [1.165, 1.54) is 12.5 Å². The summed E-state index contributed by atoms with van der Waals surface area (Å²) in [5.41, 5.74) is 3.30. The number of carbonyl (C=O) groups excluding carboxylic acids is 3. The van der Waals surface area contributed by atoms with E-state index >= 15 is 0 Å². The van der Waals surface area contributed by atoms with E-state index in [2.05, 4.69) is 17.2 Å². The maximum Gasteiger partial charge on any atom is 0.267 e. The van der Waals surface area contributed by atoms with Crippen LogP contribution in [0.25, 0.3) is 5.57 Å². The van der Waals surface area contributed by atoms with Gasteiger partial charge in [-0.25, -0.2) is 9.89 Å². The first-order chi connectivity index (χ1) is 14.5. The minimum atomic E-state index is -0.483. The van der Waals surface area contributed by atoms with E-state index < -0.39 is 5.91 Å². The van der Waals surface area contributed by atoms with E-state index in [1.54, 1.807) is 24.3 Å². The second-order valence-electron chi connectivity index (χ2n) is 7.12. The third-order valence-corrected chi connectivity index (χ3v) is 5.96. The Kier molecular flexibility index (Phi) is 5.55. The van der Waals surface area contributed by atoms with E-state index in [-0.39, 0.29) is 22.3 Å². The zero-order valence-electron chi connectivity index (χ0n) is 16.8. The number of nitrogens with one attached hydrogen (secondary N) is 1. The number of aliphatic imine (C=N–C) groups is 1. The standard InChI is InChI=1S/C23H21N3O3S/c1-3-4-7-15-10-12-16(13-11-15)24-23-25-21(28)20(30-23)19-17-8-5-6-9-18(17)26(14(2)27)22(19)29/h5-6,8-13H,3-4,7H2,1-2H3,(H,24,25,28)/b20-19-. The Morgan fingerprint density at radius 1 is 1.10 bits per heavy atom. The maximum absolute atomic E-state index is 12.9. The summed E-state index contributed by atoms with van der Waals surface area (Å²) in [5, 5.41) is 3.15. The molecule has 1 fully saturated rings. The number of unbranched alkanes of at least 4 members (excludes halogenated alkanes) is 1. The van der Waals surface area contributed by atoms with Crippen molar-refractivity contribution >= 4 is 51.6 Å². The molecule has 0 aromatic heterocycles. The van der Waals surface area contributed by atoms with Gasteiger partial charge in [0.25, 0.3) is 11.8 Å². The Labute approximate surface area is 179 Å². The molecule has 1 N–H and O–H groups in total. The summed E-state index contributed by atoms with van der Waals surface area (Å²) in [6.07, 6.45) is 3.32. The number of anilines is 1. The fourth-order valence-electron chi connectivity index (χ4n) is 3.52. The molecule has 2 aliphatic heterocycles. The molecule has 0 radical (unpaired) electrons. The van der Waals surface area contributed by atoms with Crippen molar-refractivity contribution in [1.29, 1.82) is 0 Å². The van der Waals surface area contributed by atoms with Crippen molar-refractivity contribution < 1.29 is 14.4 Å². The van der Waals surface area contributed by atoms with Crippen LogP contribution in [0.4, 0.5) is 11.4 Å². The van der Waals surface area contributed by atoms with Crippen LogP contribution in [0.2, 0.25) is 0 Å². The van der Waals surface area contributed by atoms with Crippen LogP contribution in [-0.2, 0) is 20.8 Å². The quantitative estimate of drug-likeness (QED) is 0.754. The predicted molar refractivity (Wildman–Crippen MR) is 119 cm³/mol. The van der Waals surface area contributed by atoms with Crippen LogP contribution in [0.3, 0.4) is 0 Å². The summed E-state index contributed by atoms with van der Waals surface area (Å²) in [7, 11) is 0. The van der Waals surface area contributed by atoms with Gasteiger partial charge >= 0.3 is 0 Å². The highest BCUT2D eigenvalue weighted by atomic mass is 32.2. The van der Waals surface area contributed by atoms with Crippen molar-refractivity contribution in [2.75, 3.05) is 4.90 Å². The molecule has 3 amide bonds. The number of hydrogen-bond acceptors (Lipinski definition) is 5. The molecule has 30 heavy (non-hydrogen) atoms. The van der Waals surface area contributed by atoms with Crippen molar-refractivity contribution in [2.45, 2.75) is 33.1 Å². The third kappa shape index (κ3) is 3.68. The molecule has 7 heteroatoms. The lowest BCUT2D eigenvalue weighted by molar-refractivity contribution is -0.122. The Balaban J connectivity index is 1.65. The summed E-state index contributed by atoms with van der Waals surface area (Å²) in [6.45, 7) is 3.50. The Hall–Kier alpha value is -3.19. The van der Waals surface area contributed by atoms with Crippen molar-refractivity contribution in [1.82, 2.24) is 5.32 Å². The first kappa shape index (κ1) is 20.1. The van der Waals surface area contributed by atoms with Gasteiger partial charge in [0, 0.05) is 12.5 Å². The number of rotatable bonds is 4. The molecule has 0 spiro atoms. The molecule has 152 valence electrons. The minimum Gasteiger partial charge on any atom is -0.300 e. The zero-order valence-corrected chi connectivity index (χ0v) is 17.6. The number of thioether (sulfide) groups is 1. The molecule has 2 aromatic rings. The average Bonchev–Trinajstić information content (AvgIpc) is 3.23. The highest BCUT2D eigenvalue weighted by Gasteiger charge is 2.40. The fourth-order valence-corrected chi connectivity index (χ4v) is 4.45. The van der Waals surface area contributed by atoms with Crippen molar-refractivity contribution in [2.24, 2.45) is 4.99 Å². The number of fused-ring (bicyclic) bond motifs is 1. The van der Waals surface area contributed by atoms with E-state index in [9.17, 15) is 14.4 Å². The molecule has 2 aromatic carbocycles. The Morgan fingerprint density at radius 2 is 1.83 bits per heavy atom. The van der Waals surface area contributed by atoms with E-state index in [4.69, 9.17) is 0 Å². The maximum atomic E-state index is 12.9. The fraction of sp³-hybridized carbons (Fsp3) is 0.217. The molecule has 1 saturated heterocycles. The van der Waals surface area contributed by atoms with Gasteiger partial charge in [0.2, 0.25) is 5.91 Å². The van der Waals surface area contributed by atoms with Gasteiger partial charge in [0.15, 0.2) is 5.17 Å². The summed E-state index contributed by atoms with van der Waals surface area (Å²) in [4.78, 5) is 43.5. The number of hydrogen-bond donors (Lipinski definition) is 1. The second-order valence-corrected chi connectivity index (χ2v) is 8.12. The monoisotopic (exact) mass is 419 g/mol. The van der Waals surface area contributed by atoms with Gasteiger partial charge < -0.3 is 5.32 Å². The van der Waals surface area contributed by atoms with Crippen LogP contribution < -0.4 is 10.2 Å². The van der Waals surface area contributed by atoms with Gasteiger partial charge in [-0.1, -0.05) is 43.7 Å². The molecule has 0 aliphatic carbocycles. The largest absolute Gasteiger partial charge is 0.300 e. The lowest BCUT2D eigenvalue weighted by atomic mass is 10.1. The van der Waals surface area contributed by atoms with E-state index in [0.29, 0.717) is 16.4 Å². The Morgan fingerprint density at radius 3 is 2.53 bits per heavy atom. The molecule has 0 atom stereocenters. The van der Waals surface area contributed by atoms with Gasteiger partial charge in [0.1, 0.15) is 0 Å². The number of imide groups is 1. The van der Waals surface area contributed by atoms with E-state index in [0.717, 1.165) is 41.6 Å². The number of amidine groups is 1. The number of benzene rings is 2. The van der Waals surface area contributed by atoms with Crippen LogP contribution in [0.15, 0.2) is 58.4 Å². The number of carbonyl (C=O) groups is 3. The molecule has 4 rings (SSSR count). The highest BCUT2D eigenvalue weighted by Crippen LogP contribution is 2.42. The van der Waals surface area contributed by atoms with Crippen molar-refractivity contribution in [3.63, 3.8) is 0 Å². The minimum absolute atomic E-state index is 0.239. The third-order valence-electron chi connectivity index (χ3n) is 4.98. The van der Waals surface area contributed by atoms with Crippen LogP contribution in [0.1, 0.15) is 37.8 Å². The van der Waals surface area contributed by atoms with Crippen LogP contribution in [-0.4, -0.2) is 22.9 Å². The number of nitrogens with zero attached hydrogens (tertiary/aromatic N) is 2. The van der Waals surface area contributed by atoms with Crippen LogP contribution >= 0.6 is 11.8 Å². The van der Waals surface area contributed by atoms with Crippen LogP contribution in [0, 0.1) is 0 Å².